The van der Waals surface area contributed by atoms with Gasteiger partial charge in [0.25, 0.3) is 0 Å². The van der Waals surface area contributed by atoms with Gasteiger partial charge in [-0.2, -0.15) is 13.2 Å². The van der Waals surface area contributed by atoms with Crippen LogP contribution < -0.4 is 5.32 Å². The summed E-state index contributed by atoms with van der Waals surface area (Å²) in [5.74, 6) is 0. The average Bonchev–Trinajstić information content (AvgIpc) is 2.24. The molecule has 0 bridgehead atoms. The summed E-state index contributed by atoms with van der Waals surface area (Å²) in [5, 5.41) is 3.28. The van der Waals surface area contributed by atoms with Gasteiger partial charge in [0.2, 0.25) is 0 Å². The molecule has 1 fully saturated rings. The van der Waals surface area contributed by atoms with E-state index in [0.717, 1.165) is 13.0 Å². The van der Waals surface area contributed by atoms with E-state index in [2.05, 4.69) is 5.32 Å². The maximum atomic E-state index is 12.1. The van der Waals surface area contributed by atoms with Crippen molar-refractivity contribution in [3.05, 3.63) is 0 Å². The first-order valence-electron chi connectivity index (χ1n) is 5.42. The Morgan fingerprint density at radius 3 is 2.60 bits per heavy atom. The summed E-state index contributed by atoms with van der Waals surface area (Å²) in [6.07, 6.45) is -3.82. The second-order valence-electron chi connectivity index (χ2n) is 4.35. The highest BCUT2D eigenvalue weighted by Gasteiger charge is 2.29. The van der Waals surface area contributed by atoms with E-state index in [4.69, 9.17) is 0 Å². The Kier molecular flexibility index (Phi) is 4.40. The van der Waals surface area contributed by atoms with Crippen molar-refractivity contribution in [1.82, 2.24) is 10.2 Å². The molecular weight excluding hydrogens is 205 g/mol. The number of hydrogen-bond donors (Lipinski definition) is 1. The molecule has 0 radical (unpaired) electrons. The van der Waals surface area contributed by atoms with Crippen molar-refractivity contribution >= 4 is 0 Å². The zero-order valence-corrected chi connectivity index (χ0v) is 9.27. The lowest BCUT2D eigenvalue weighted by atomic mass is 10.2. The van der Waals surface area contributed by atoms with Crippen LogP contribution >= 0.6 is 0 Å². The van der Waals surface area contributed by atoms with Crippen molar-refractivity contribution in [2.45, 2.75) is 44.9 Å². The molecule has 1 aliphatic heterocycles. The van der Waals surface area contributed by atoms with E-state index in [9.17, 15) is 13.2 Å². The fourth-order valence-corrected chi connectivity index (χ4v) is 1.90. The van der Waals surface area contributed by atoms with Crippen LogP contribution in [0.15, 0.2) is 0 Å². The van der Waals surface area contributed by atoms with Gasteiger partial charge in [0.1, 0.15) is 0 Å². The van der Waals surface area contributed by atoms with E-state index in [0.29, 0.717) is 6.54 Å². The Bertz CT molecular complexity index is 194. The molecular formula is C10H19F3N2. The summed E-state index contributed by atoms with van der Waals surface area (Å²) in [6.45, 7) is 5.73. The molecule has 1 heterocycles. The van der Waals surface area contributed by atoms with Crippen molar-refractivity contribution in [2.75, 3.05) is 19.6 Å². The number of nitrogens with zero attached hydrogens (tertiary/aromatic N) is 1. The van der Waals surface area contributed by atoms with E-state index in [1.54, 1.807) is 0 Å². The summed E-state index contributed by atoms with van der Waals surface area (Å²) in [5.41, 5.74) is 0. The standard InChI is InChI=1S/C10H19F3N2/c1-8-7-15(6-4-10(11,12)13)9(2)3-5-14-8/h8-9,14H,3-7H2,1-2H3. The first-order chi connectivity index (χ1) is 6.88. The Labute approximate surface area is 88.8 Å². The lowest BCUT2D eigenvalue weighted by Gasteiger charge is -2.28. The summed E-state index contributed by atoms with van der Waals surface area (Å²) < 4.78 is 36.3. The van der Waals surface area contributed by atoms with Crippen molar-refractivity contribution in [1.29, 1.82) is 0 Å². The normalized spacial score (nSPS) is 30.2. The molecule has 2 unspecified atom stereocenters. The van der Waals surface area contributed by atoms with Crippen LogP contribution in [0.25, 0.3) is 0 Å². The molecule has 1 N–H and O–H groups in total. The van der Waals surface area contributed by atoms with Crippen LogP contribution in [-0.4, -0.2) is 42.8 Å². The zero-order valence-electron chi connectivity index (χ0n) is 9.27. The Balaban J connectivity index is 2.43. The third kappa shape index (κ3) is 4.84. The van der Waals surface area contributed by atoms with Crippen LogP contribution in [0, 0.1) is 0 Å². The van der Waals surface area contributed by atoms with Gasteiger partial charge >= 0.3 is 6.18 Å². The van der Waals surface area contributed by atoms with Crippen LogP contribution in [0.5, 0.6) is 0 Å². The average molecular weight is 224 g/mol. The number of hydrogen-bond acceptors (Lipinski definition) is 2. The van der Waals surface area contributed by atoms with Crippen LogP contribution in [0.3, 0.4) is 0 Å². The van der Waals surface area contributed by atoms with Crippen molar-refractivity contribution < 1.29 is 13.2 Å². The molecule has 1 rings (SSSR count). The van der Waals surface area contributed by atoms with Crippen LogP contribution in [0.2, 0.25) is 0 Å². The molecule has 5 heteroatoms. The van der Waals surface area contributed by atoms with E-state index in [-0.39, 0.29) is 18.6 Å². The molecule has 0 aromatic rings. The highest BCUT2D eigenvalue weighted by molar-refractivity contribution is 4.78. The van der Waals surface area contributed by atoms with Gasteiger partial charge in [0.15, 0.2) is 0 Å². The van der Waals surface area contributed by atoms with Gasteiger partial charge in [-0.15, -0.1) is 0 Å². The lowest BCUT2D eigenvalue weighted by molar-refractivity contribution is -0.138. The van der Waals surface area contributed by atoms with E-state index in [1.165, 1.54) is 0 Å². The molecule has 0 aromatic heterocycles. The maximum absolute atomic E-state index is 12.1. The number of nitrogens with one attached hydrogen (secondary N) is 1. The molecule has 2 atom stereocenters. The van der Waals surface area contributed by atoms with Gasteiger partial charge in [0, 0.05) is 25.2 Å². The summed E-state index contributed by atoms with van der Waals surface area (Å²) >= 11 is 0. The number of halogens is 3. The van der Waals surface area contributed by atoms with Gasteiger partial charge in [-0.1, -0.05) is 0 Å². The molecule has 15 heavy (non-hydrogen) atoms. The number of alkyl halides is 3. The van der Waals surface area contributed by atoms with Gasteiger partial charge in [-0.05, 0) is 26.8 Å². The van der Waals surface area contributed by atoms with Gasteiger partial charge in [-0.3, -0.25) is 4.90 Å². The SMILES string of the molecule is CC1CN(CCC(F)(F)F)C(C)CCN1. The van der Waals surface area contributed by atoms with E-state index >= 15 is 0 Å². The Hall–Kier alpha value is -0.290. The molecule has 1 saturated heterocycles. The lowest BCUT2D eigenvalue weighted by Crippen LogP contribution is -2.40. The summed E-state index contributed by atoms with van der Waals surface area (Å²) in [4.78, 5) is 1.93. The third-order valence-electron chi connectivity index (χ3n) is 2.87. The highest BCUT2D eigenvalue weighted by atomic mass is 19.4. The summed E-state index contributed by atoms with van der Waals surface area (Å²) in [7, 11) is 0. The van der Waals surface area contributed by atoms with Gasteiger partial charge in [0.05, 0.1) is 6.42 Å². The second kappa shape index (κ2) is 5.16. The second-order valence-corrected chi connectivity index (χ2v) is 4.35. The van der Waals surface area contributed by atoms with Gasteiger partial charge < -0.3 is 5.32 Å². The van der Waals surface area contributed by atoms with Gasteiger partial charge in [-0.25, -0.2) is 0 Å². The minimum absolute atomic E-state index is 0.122. The molecule has 90 valence electrons. The fraction of sp³-hybridized carbons (Fsp3) is 1.00. The molecule has 0 amide bonds. The van der Waals surface area contributed by atoms with Crippen LogP contribution in [0.4, 0.5) is 13.2 Å². The van der Waals surface area contributed by atoms with Crippen molar-refractivity contribution in [3.63, 3.8) is 0 Å². The minimum Gasteiger partial charge on any atom is -0.313 e. The molecule has 0 spiro atoms. The fourth-order valence-electron chi connectivity index (χ4n) is 1.90. The predicted octanol–water partition coefficient (Wildman–Crippen LogP) is 2.01. The van der Waals surface area contributed by atoms with Crippen LogP contribution in [-0.2, 0) is 0 Å². The zero-order chi connectivity index (χ0) is 11.5. The summed E-state index contributed by atoms with van der Waals surface area (Å²) in [6, 6.07) is 0.521. The third-order valence-corrected chi connectivity index (χ3v) is 2.87. The van der Waals surface area contributed by atoms with E-state index in [1.807, 2.05) is 18.7 Å². The van der Waals surface area contributed by atoms with E-state index < -0.39 is 12.6 Å². The first-order valence-corrected chi connectivity index (χ1v) is 5.42. The van der Waals surface area contributed by atoms with Crippen molar-refractivity contribution in [3.8, 4) is 0 Å². The Morgan fingerprint density at radius 1 is 1.33 bits per heavy atom. The predicted molar refractivity (Wildman–Crippen MR) is 53.8 cm³/mol. The molecule has 0 saturated carbocycles. The van der Waals surface area contributed by atoms with Crippen molar-refractivity contribution in [2.24, 2.45) is 0 Å². The molecule has 0 aromatic carbocycles. The smallest absolute Gasteiger partial charge is 0.313 e. The molecule has 1 aliphatic rings. The molecule has 2 nitrogen and oxygen atoms in total. The monoisotopic (exact) mass is 224 g/mol. The topological polar surface area (TPSA) is 15.3 Å². The molecule has 0 aliphatic carbocycles. The quantitative estimate of drug-likeness (QED) is 0.772. The largest absolute Gasteiger partial charge is 0.390 e. The highest BCUT2D eigenvalue weighted by Crippen LogP contribution is 2.21. The first kappa shape index (κ1) is 12.8. The minimum atomic E-state index is -4.04. The maximum Gasteiger partial charge on any atom is 0.390 e. The number of rotatable bonds is 2. The van der Waals surface area contributed by atoms with Crippen LogP contribution in [0.1, 0.15) is 26.7 Å². The Morgan fingerprint density at radius 2 is 2.00 bits per heavy atom.